The Balaban J connectivity index is 1.23. The van der Waals surface area contributed by atoms with Crippen LogP contribution >= 0.6 is 11.3 Å². The lowest BCUT2D eigenvalue weighted by atomic mass is 9.89. The van der Waals surface area contributed by atoms with Gasteiger partial charge in [0.25, 0.3) is 0 Å². The maximum Gasteiger partial charge on any atom is 0.317 e. The molecule has 2 aliphatic carbocycles. The first-order valence-electron chi connectivity index (χ1n) is 17.3. The molecule has 1 aromatic rings. The molecular formula is C33H54N6O5S2. The highest BCUT2D eigenvalue weighted by Gasteiger charge is 2.46. The third-order valence-electron chi connectivity index (χ3n) is 10.8. The molecule has 1 aromatic heterocycles. The van der Waals surface area contributed by atoms with E-state index in [2.05, 4.69) is 16.0 Å². The molecule has 2 saturated heterocycles. The number of sulfonamides is 1. The standard InChI is InChI=1S/C33H54N6O5S2/c1-37(46(2,43)44)18-7-6-12-29(35-25-9-4-3-5-10-25)31(41)39-19-13-28(27(24-39)30(40)34-23-26-11-8-22-45-26)36-32(42)38-20-16-33(14-15-33)17-21-38/h8,11,22,25,27-29,35H,3-7,9-10,12-21,23-24H2,1-2H3,(H,34,40)(H,36,42)/t27-,28+,29+/m0/s1. The number of carbonyl (C=O) groups is 3. The van der Waals surface area contributed by atoms with Crippen LogP contribution in [-0.2, 0) is 26.2 Å². The van der Waals surface area contributed by atoms with Crippen LogP contribution in [0, 0.1) is 11.3 Å². The van der Waals surface area contributed by atoms with Gasteiger partial charge in [0, 0.05) is 56.7 Å². The molecule has 13 heteroatoms. The first-order chi connectivity index (χ1) is 22.0. The minimum absolute atomic E-state index is 0.00589. The molecule has 3 atom stereocenters. The molecule has 4 amide bonds. The lowest BCUT2D eigenvalue weighted by molar-refractivity contribution is -0.138. The Morgan fingerprint density at radius 1 is 1.02 bits per heavy atom. The van der Waals surface area contributed by atoms with Crippen molar-refractivity contribution in [3.05, 3.63) is 22.4 Å². The molecule has 46 heavy (non-hydrogen) atoms. The minimum atomic E-state index is -3.24. The average molecular weight is 679 g/mol. The van der Waals surface area contributed by atoms with E-state index in [-0.39, 0.29) is 36.5 Å². The summed E-state index contributed by atoms with van der Waals surface area (Å²) in [7, 11) is -1.66. The van der Waals surface area contributed by atoms with E-state index in [1.54, 1.807) is 18.4 Å². The van der Waals surface area contributed by atoms with Crippen molar-refractivity contribution in [2.24, 2.45) is 11.3 Å². The lowest BCUT2D eigenvalue weighted by Gasteiger charge is -2.41. The number of hydrogen-bond donors (Lipinski definition) is 3. The predicted molar refractivity (Wildman–Crippen MR) is 181 cm³/mol. The summed E-state index contributed by atoms with van der Waals surface area (Å²) in [6.07, 6.45) is 14.0. The molecule has 0 unspecified atom stereocenters. The number of nitrogens with one attached hydrogen (secondary N) is 3. The molecule has 5 rings (SSSR count). The molecule has 2 aliphatic heterocycles. The first kappa shape index (κ1) is 35.1. The molecule has 1 spiro atoms. The van der Waals surface area contributed by atoms with Gasteiger partial charge in [0.2, 0.25) is 21.8 Å². The van der Waals surface area contributed by atoms with Crippen molar-refractivity contribution in [1.29, 1.82) is 0 Å². The summed E-state index contributed by atoms with van der Waals surface area (Å²) in [6, 6.07) is 3.37. The fourth-order valence-electron chi connectivity index (χ4n) is 7.32. The fourth-order valence-corrected chi connectivity index (χ4v) is 8.43. The van der Waals surface area contributed by atoms with Crippen molar-refractivity contribution in [2.75, 3.05) is 46.0 Å². The van der Waals surface area contributed by atoms with Crippen molar-refractivity contribution < 1.29 is 22.8 Å². The Bertz CT molecular complexity index is 1270. The zero-order valence-electron chi connectivity index (χ0n) is 27.7. The number of amides is 4. The topological polar surface area (TPSA) is 131 Å². The van der Waals surface area contributed by atoms with E-state index in [0.717, 1.165) is 56.5 Å². The van der Waals surface area contributed by atoms with Crippen LogP contribution in [0.3, 0.4) is 0 Å². The zero-order valence-corrected chi connectivity index (χ0v) is 29.3. The van der Waals surface area contributed by atoms with Crippen molar-refractivity contribution in [3.63, 3.8) is 0 Å². The Labute approximate surface area is 279 Å². The average Bonchev–Trinajstić information content (AvgIpc) is 3.58. The number of carbonyl (C=O) groups excluding carboxylic acids is 3. The van der Waals surface area contributed by atoms with Crippen LogP contribution in [0.25, 0.3) is 0 Å². The summed E-state index contributed by atoms with van der Waals surface area (Å²) in [4.78, 5) is 46.0. The Morgan fingerprint density at radius 2 is 1.76 bits per heavy atom. The van der Waals surface area contributed by atoms with Gasteiger partial charge in [-0.1, -0.05) is 31.7 Å². The van der Waals surface area contributed by atoms with Crippen molar-refractivity contribution in [1.82, 2.24) is 30.1 Å². The van der Waals surface area contributed by atoms with E-state index in [9.17, 15) is 22.8 Å². The number of rotatable bonds is 13. The van der Waals surface area contributed by atoms with Crippen LogP contribution in [0.2, 0.25) is 0 Å². The highest BCUT2D eigenvalue weighted by molar-refractivity contribution is 7.88. The maximum atomic E-state index is 14.1. The van der Waals surface area contributed by atoms with Gasteiger partial charge in [-0.2, -0.15) is 0 Å². The first-order valence-corrected chi connectivity index (χ1v) is 20.1. The largest absolute Gasteiger partial charge is 0.351 e. The van der Waals surface area contributed by atoms with Crippen molar-refractivity contribution in [3.8, 4) is 0 Å². The van der Waals surface area contributed by atoms with Crippen LogP contribution in [-0.4, -0.2) is 105 Å². The van der Waals surface area contributed by atoms with E-state index in [0.29, 0.717) is 50.7 Å². The van der Waals surface area contributed by atoms with Crippen LogP contribution in [0.5, 0.6) is 0 Å². The van der Waals surface area contributed by atoms with E-state index in [1.165, 1.54) is 29.8 Å². The van der Waals surface area contributed by atoms with E-state index in [1.807, 2.05) is 27.3 Å². The second kappa shape index (κ2) is 15.8. The quantitative estimate of drug-likeness (QED) is 0.274. The van der Waals surface area contributed by atoms with Crippen molar-refractivity contribution in [2.45, 2.75) is 108 Å². The normalized spacial score (nSPS) is 24.2. The van der Waals surface area contributed by atoms with Gasteiger partial charge >= 0.3 is 6.03 Å². The summed E-state index contributed by atoms with van der Waals surface area (Å²) in [5, 5.41) is 11.9. The molecule has 0 aromatic carbocycles. The Morgan fingerprint density at radius 3 is 2.41 bits per heavy atom. The Hall–Kier alpha value is -2.22. The monoisotopic (exact) mass is 678 g/mol. The zero-order chi connectivity index (χ0) is 32.7. The molecule has 2 saturated carbocycles. The van der Waals surface area contributed by atoms with Gasteiger partial charge in [-0.05, 0) is 74.6 Å². The summed E-state index contributed by atoms with van der Waals surface area (Å²) in [6.45, 7) is 3.08. The number of likely N-dealkylation sites (tertiary alicyclic amines) is 2. The molecule has 258 valence electrons. The van der Waals surface area contributed by atoms with Crippen LogP contribution in [0.15, 0.2) is 17.5 Å². The number of thiophene rings is 1. The van der Waals surface area contributed by atoms with Gasteiger partial charge < -0.3 is 25.8 Å². The van der Waals surface area contributed by atoms with Gasteiger partial charge in [0.1, 0.15) is 0 Å². The van der Waals surface area contributed by atoms with Gasteiger partial charge in [-0.15, -0.1) is 11.3 Å². The molecule has 0 bridgehead atoms. The molecule has 3 heterocycles. The number of hydrogen-bond acceptors (Lipinski definition) is 7. The molecule has 4 aliphatic rings. The molecule has 11 nitrogen and oxygen atoms in total. The maximum absolute atomic E-state index is 14.1. The molecule has 3 N–H and O–H groups in total. The van der Waals surface area contributed by atoms with E-state index >= 15 is 0 Å². The summed E-state index contributed by atoms with van der Waals surface area (Å²) in [5.74, 6) is -0.707. The highest BCUT2D eigenvalue weighted by atomic mass is 32.2. The van der Waals surface area contributed by atoms with Crippen LogP contribution < -0.4 is 16.0 Å². The minimum Gasteiger partial charge on any atom is -0.351 e. The third-order valence-corrected chi connectivity index (χ3v) is 13.0. The van der Waals surface area contributed by atoms with Crippen LogP contribution in [0.1, 0.15) is 88.3 Å². The van der Waals surface area contributed by atoms with Gasteiger partial charge in [0.15, 0.2) is 0 Å². The molecule has 4 fully saturated rings. The lowest BCUT2D eigenvalue weighted by Crippen LogP contribution is -2.61. The molecular weight excluding hydrogens is 625 g/mol. The number of nitrogens with zero attached hydrogens (tertiary/aromatic N) is 3. The summed E-state index contributed by atoms with van der Waals surface area (Å²) >= 11 is 1.58. The highest BCUT2D eigenvalue weighted by Crippen LogP contribution is 2.53. The summed E-state index contributed by atoms with van der Waals surface area (Å²) < 4.78 is 25.0. The summed E-state index contributed by atoms with van der Waals surface area (Å²) in [5.41, 5.74) is 0.471. The van der Waals surface area contributed by atoms with Gasteiger partial charge in [-0.3, -0.25) is 9.59 Å². The smallest absolute Gasteiger partial charge is 0.317 e. The second-order valence-corrected chi connectivity index (χ2v) is 17.3. The number of piperidine rings is 2. The van der Waals surface area contributed by atoms with Crippen LogP contribution in [0.4, 0.5) is 4.79 Å². The fraction of sp³-hybridized carbons (Fsp3) is 0.788. The third kappa shape index (κ3) is 9.67. The van der Waals surface area contributed by atoms with E-state index in [4.69, 9.17) is 0 Å². The Kier molecular flexibility index (Phi) is 12.0. The number of urea groups is 1. The van der Waals surface area contributed by atoms with E-state index < -0.39 is 22.0 Å². The van der Waals surface area contributed by atoms with Gasteiger partial charge in [0.05, 0.1) is 24.8 Å². The molecule has 0 radical (unpaired) electrons. The second-order valence-electron chi connectivity index (χ2n) is 14.2. The SMILES string of the molecule is CN(CCCC[C@@H](NC1CCCCC1)C(=O)N1CC[C@@H](NC(=O)N2CCC3(CC2)CC3)[C@@H](C(=O)NCc2cccs2)C1)S(C)(=O)=O. The predicted octanol–water partition coefficient (Wildman–Crippen LogP) is 3.52. The van der Waals surface area contributed by atoms with Gasteiger partial charge in [-0.25, -0.2) is 17.5 Å². The number of unbranched alkanes of at least 4 members (excludes halogenated alkanes) is 1. The van der Waals surface area contributed by atoms with Crippen molar-refractivity contribution >= 4 is 39.2 Å².